The Balaban J connectivity index is 1.53. The fourth-order valence-corrected chi connectivity index (χ4v) is 4.80. The molecule has 1 aromatic carbocycles. The van der Waals surface area contributed by atoms with Gasteiger partial charge in [-0.2, -0.15) is 13.2 Å². The van der Waals surface area contributed by atoms with E-state index in [0.29, 0.717) is 36.3 Å². The molecule has 1 aromatic heterocycles. The third-order valence-electron chi connectivity index (χ3n) is 6.26. The second kappa shape index (κ2) is 7.49. The lowest BCUT2D eigenvalue weighted by atomic mass is 9.67. The van der Waals surface area contributed by atoms with Crippen LogP contribution in [0.4, 0.5) is 17.6 Å². The van der Waals surface area contributed by atoms with E-state index in [2.05, 4.69) is 10.2 Å². The molecular weight excluding hydrogens is 426 g/mol. The summed E-state index contributed by atoms with van der Waals surface area (Å²) in [4.78, 5) is 14.3. The largest absolute Gasteiger partial charge is 0.451 e. The van der Waals surface area contributed by atoms with E-state index in [4.69, 9.17) is 17.3 Å². The Kier molecular flexibility index (Phi) is 5.26. The highest BCUT2D eigenvalue weighted by Crippen LogP contribution is 2.42. The summed E-state index contributed by atoms with van der Waals surface area (Å²) in [5, 5.41) is 7.07. The summed E-state index contributed by atoms with van der Waals surface area (Å²) in [7, 11) is 0. The minimum Gasteiger partial charge on any atom is -0.331 e. The zero-order valence-corrected chi connectivity index (χ0v) is 16.7. The van der Waals surface area contributed by atoms with E-state index in [0.717, 1.165) is 4.57 Å². The number of nitrogens with two attached hydrogens (primary N) is 1. The highest BCUT2D eigenvalue weighted by atomic mass is 35.5. The number of benzene rings is 1. The molecule has 0 unspecified atom stereocenters. The minimum absolute atomic E-state index is 0.0234. The van der Waals surface area contributed by atoms with Crippen LogP contribution in [0.15, 0.2) is 18.2 Å². The van der Waals surface area contributed by atoms with Gasteiger partial charge in [0.25, 0.3) is 5.91 Å². The maximum absolute atomic E-state index is 14.5. The van der Waals surface area contributed by atoms with E-state index in [9.17, 15) is 22.4 Å². The van der Waals surface area contributed by atoms with Crippen molar-refractivity contribution in [1.29, 1.82) is 0 Å². The van der Waals surface area contributed by atoms with Crippen molar-refractivity contribution in [1.82, 2.24) is 19.7 Å². The lowest BCUT2D eigenvalue weighted by Crippen LogP contribution is -2.51. The topological polar surface area (TPSA) is 77.0 Å². The molecule has 162 valence electrons. The van der Waals surface area contributed by atoms with Crippen LogP contribution in [0.2, 0.25) is 5.02 Å². The number of fused-ring (bicyclic) bond motifs is 1. The Morgan fingerprint density at radius 1 is 1.20 bits per heavy atom. The van der Waals surface area contributed by atoms with Crippen molar-refractivity contribution in [2.75, 3.05) is 13.1 Å². The molecule has 1 fully saturated rings. The molecule has 0 saturated heterocycles. The number of rotatable bonds is 3. The lowest BCUT2D eigenvalue weighted by molar-refractivity contribution is -0.147. The number of amides is 1. The van der Waals surface area contributed by atoms with E-state index in [-0.39, 0.29) is 37.3 Å². The molecule has 2 heterocycles. The SMILES string of the molecule is NC[C@]1(c2cc(Cl)ccc2F)CC[C@H](N2CCn3c(nnc3C(F)(F)F)C2=O)CC1. The molecule has 0 spiro atoms. The summed E-state index contributed by atoms with van der Waals surface area (Å²) < 4.78 is 54.4. The van der Waals surface area contributed by atoms with E-state index in [1.807, 2.05) is 0 Å². The Hall–Kier alpha value is -2.20. The van der Waals surface area contributed by atoms with Crippen molar-refractivity contribution < 1.29 is 22.4 Å². The van der Waals surface area contributed by atoms with Crippen molar-refractivity contribution >= 4 is 17.5 Å². The van der Waals surface area contributed by atoms with Crippen molar-refractivity contribution in [3.05, 3.63) is 46.3 Å². The summed E-state index contributed by atoms with van der Waals surface area (Å²) in [6, 6.07) is 4.21. The molecule has 1 amide bonds. The molecule has 6 nitrogen and oxygen atoms in total. The number of carbonyl (C=O) groups excluding carboxylic acids is 1. The average molecular weight is 446 g/mol. The number of carbonyl (C=O) groups is 1. The molecular formula is C19H20ClF4N5O. The molecule has 2 aliphatic rings. The molecule has 1 aliphatic heterocycles. The van der Waals surface area contributed by atoms with Crippen molar-refractivity contribution in [2.45, 2.75) is 49.9 Å². The fourth-order valence-electron chi connectivity index (χ4n) is 4.62. The van der Waals surface area contributed by atoms with Gasteiger partial charge in [-0.05, 0) is 49.4 Å². The summed E-state index contributed by atoms with van der Waals surface area (Å²) in [6.07, 6.45) is -2.49. The fraction of sp³-hybridized carbons (Fsp3) is 0.526. The third-order valence-corrected chi connectivity index (χ3v) is 6.50. The van der Waals surface area contributed by atoms with Gasteiger partial charge in [-0.25, -0.2) is 4.39 Å². The van der Waals surface area contributed by atoms with Gasteiger partial charge in [0.05, 0.1) is 0 Å². The van der Waals surface area contributed by atoms with Gasteiger partial charge in [-0.15, -0.1) is 10.2 Å². The summed E-state index contributed by atoms with van der Waals surface area (Å²) >= 11 is 6.05. The Labute approximate surface area is 175 Å². The average Bonchev–Trinajstić information content (AvgIpc) is 3.16. The van der Waals surface area contributed by atoms with Crippen LogP contribution in [0, 0.1) is 5.82 Å². The second-order valence-corrected chi connectivity index (χ2v) is 8.27. The molecule has 1 aliphatic carbocycles. The highest BCUT2D eigenvalue weighted by molar-refractivity contribution is 6.30. The summed E-state index contributed by atoms with van der Waals surface area (Å²) in [6.45, 7) is 0.345. The summed E-state index contributed by atoms with van der Waals surface area (Å²) in [5.41, 5.74) is 5.91. The van der Waals surface area contributed by atoms with Crippen molar-refractivity contribution in [2.24, 2.45) is 5.73 Å². The normalized spacial score (nSPS) is 24.8. The molecule has 11 heteroatoms. The zero-order chi connectivity index (χ0) is 21.7. The third kappa shape index (κ3) is 3.45. The maximum Gasteiger partial charge on any atom is 0.451 e. The Bertz CT molecular complexity index is 968. The number of nitrogens with zero attached hydrogens (tertiary/aromatic N) is 4. The van der Waals surface area contributed by atoms with Gasteiger partial charge in [0.1, 0.15) is 5.82 Å². The lowest BCUT2D eigenvalue weighted by Gasteiger charge is -2.44. The molecule has 0 atom stereocenters. The zero-order valence-electron chi connectivity index (χ0n) is 15.9. The van der Waals surface area contributed by atoms with Crippen LogP contribution in [-0.2, 0) is 18.1 Å². The molecule has 0 bridgehead atoms. The molecule has 1 saturated carbocycles. The van der Waals surface area contributed by atoms with Crippen LogP contribution in [0.5, 0.6) is 0 Å². The number of hydrogen-bond acceptors (Lipinski definition) is 4. The quantitative estimate of drug-likeness (QED) is 0.735. The standard InChI is InChI=1S/C19H20ClF4N5O/c20-11-1-2-14(21)13(9-11)18(10-25)5-3-12(4-6-18)28-7-8-29-15(16(28)30)26-27-17(29)19(22,23)24/h1-2,9,12H,3-8,10,25H2/t12-,18-. The first-order chi connectivity index (χ1) is 14.2. The van der Waals surface area contributed by atoms with Crippen LogP contribution < -0.4 is 5.73 Å². The molecule has 4 rings (SSSR count). The molecule has 30 heavy (non-hydrogen) atoms. The number of halogens is 5. The maximum atomic E-state index is 14.5. The first-order valence-corrected chi connectivity index (χ1v) is 10.0. The predicted molar refractivity (Wildman–Crippen MR) is 100 cm³/mol. The van der Waals surface area contributed by atoms with Gasteiger partial charge in [0.2, 0.25) is 11.6 Å². The van der Waals surface area contributed by atoms with Crippen LogP contribution in [-0.4, -0.2) is 44.7 Å². The van der Waals surface area contributed by atoms with Crippen LogP contribution in [0.25, 0.3) is 0 Å². The van der Waals surface area contributed by atoms with E-state index < -0.39 is 23.3 Å². The molecule has 2 aromatic rings. The van der Waals surface area contributed by atoms with Gasteiger partial charge in [0, 0.05) is 36.1 Å². The van der Waals surface area contributed by atoms with Gasteiger partial charge in [-0.1, -0.05) is 11.6 Å². The van der Waals surface area contributed by atoms with Crippen molar-refractivity contribution in [3.63, 3.8) is 0 Å². The van der Waals surface area contributed by atoms with Crippen LogP contribution in [0.1, 0.15) is 47.7 Å². The van der Waals surface area contributed by atoms with Crippen LogP contribution in [0.3, 0.4) is 0 Å². The monoisotopic (exact) mass is 445 g/mol. The van der Waals surface area contributed by atoms with Gasteiger partial charge in [-0.3, -0.25) is 9.36 Å². The second-order valence-electron chi connectivity index (χ2n) is 7.83. The van der Waals surface area contributed by atoms with E-state index >= 15 is 0 Å². The Morgan fingerprint density at radius 3 is 2.53 bits per heavy atom. The minimum atomic E-state index is -4.67. The molecule has 0 radical (unpaired) electrons. The predicted octanol–water partition coefficient (Wildman–Crippen LogP) is 3.38. The summed E-state index contributed by atoms with van der Waals surface area (Å²) in [5.74, 6) is -2.40. The number of hydrogen-bond donors (Lipinski definition) is 1. The van der Waals surface area contributed by atoms with E-state index in [1.165, 1.54) is 12.1 Å². The smallest absolute Gasteiger partial charge is 0.331 e. The molecule has 2 N–H and O–H groups in total. The van der Waals surface area contributed by atoms with Gasteiger partial charge in [0.15, 0.2) is 0 Å². The first kappa shape index (κ1) is 21.0. The Morgan fingerprint density at radius 2 is 1.90 bits per heavy atom. The van der Waals surface area contributed by atoms with Gasteiger partial charge < -0.3 is 10.6 Å². The van der Waals surface area contributed by atoms with Crippen molar-refractivity contribution in [3.8, 4) is 0 Å². The first-order valence-electron chi connectivity index (χ1n) is 9.63. The number of aromatic nitrogens is 3. The van der Waals surface area contributed by atoms with Gasteiger partial charge >= 0.3 is 6.18 Å². The highest BCUT2D eigenvalue weighted by Gasteiger charge is 2.44. The number of alkyl halides is 3. The van der Waals surface area contributed by atoms with Crippen LogP contribution >= 0.6 is 11.6 Å². The van der Waals surface area contributed by atoms with E-state index in [1.54, 1.807) is 11.0 Å².